The number of rotatable bonds is 6. The lowest BCUT2D eigenvalue weighted by molar-refractivity contribution is 0.478. The zero-order valence-corrected chi connectivity index (χ0v) is 13.1. The Bertz CT molecular complexity index is 774. The van der Waals surface area contributed by atoms with E-state index < -0.39 is 0 Å². The molecule has 0 radical (unpaired) electrons. The minimum absolute atomic E-state index is 0.221. The molecule has 23 heavy (non-hydrogen) atoms. The van der Waals surface area contributed by atoms with Crippen LogP contribution in [0, 0.1) is 5.82 Å². The summed E-state index contributed by atoms with van der Waals surface area (Å²) in [5, 5.41) is 11.9. The highest BCUT2D eigenvalue weighted by Gasteiger charge is 2.08. The standard InChI is InChI=1S/C17H15ClFN3O/c18-14-3-1-2-13(10-14)17-22-21-16(23-17)11-20-9-8-12-4-6-15(19)7-5-12/h1-7,10,20H,8-9,11H2. The van der Waals surface area contributed by atoms with Gasteiger partial charge in [-0.3, -0.25) is 0 Å². The van der Waals surface area contributed by atoms with Gasteiger partial charge >= 0.3 is 0 Å². The molecule has 0 fully saturated rings. The Hall–Kier alpha value is -2.24. The number of nitrogens with one attached hydrogen (secondary N) is 1. The zero-order valence-electron chi connectivity index (χ0n) is 12.3. The third kappa shape index (κ3) is 4.37. The van der Waals surface area contributed by atoms with Crippen LogP contribution in [0.1, 0.15) is 11.5 Å². The first kappa shape index (κ1) is 15.6. The van der Waals surface area contributed by atoms with E-state index in [1.54, 1.807) is 24.3 Å². The second kappa shape index (κ2) is 7.35. The fourth-order valence-electron chi connectivity index (χ4n) is 2.14. The third-order valence-corrected chi connectivity index (χ3v) is 3.55. The maximum atomic E-state index is 12.8. The number of benzene rings is 2. The van der Waals surface area contributed by atoms with Gasteiger partial charge in [0.2, 0.25) is 11.8 Å². The van der Waals surface area contributed by atoms with Crippen LogP contribution in [0.2, 0.25) is 5.02 Å². The number of aromatic nitrogens is 2. The summed E-state index contributed by atoms with van der Waals surface area (Å²) in [4.78, 5) is 0. The van der Waals surface area contributed by atoms with Crippen LogP contribution in [0.4, 0.5) is 4.39 Å². The second-order valence-electron chi connectivity index (χ2n) is 5.06. The van der Waals surface area contributed by atoms with Crippen molar-refractivity contribution in [3.05, 3.63) is 70.8 Å². The SMILES string of the molecule is Fc1ccc(CCNCc2nnc(-c3cccc(Cl)c3)o2)cc1. The average molecular weight is 332 g/mol. The summed E-state index contributed by atoms with van der Waals surface area (Å²) in [7, 11) is 0. The summed E-state index contributed by atoms with van der Waals surface area (Å²) < 4.78 is 18.4. The van der Waals surface area contributed by atoms with Gasteiger partial charge in [0.05, 0.1) is 6.54 Å². The molecule has 0 amide bonds. The van der Waals surface area contributed by atoms with Crippen LogP contribution in [-0.2, 0) is 13.0 Å². The smallest absolute Gasteiger partial charge is 0.247 e. The van der Waals surface area contributed by atoms with Crippen molar-refractivity contribution < 1.29 is 8.81 Å². The molecule has 1 aromatic heterocycles. The number of hydrogen-bond acceptors (Lipinski definition) is 4. The molecule has 3 rings (SSSR count). The van der Waals surface area contributed by atoms with Crippen LogP contribution >= 0.6 is 11.6 Å². The van der Waals surface area contributed by atoms with Gasteiger partial charge in [-0.1, -0.05) is 29.8 Å². The molecule has 0 unspecified atom stereocenters. The highest BCUT2D eigenvalue weighted by atomic mass is 35.5. The summed E-state index contributed by atoms with van der Waals surface area (Å²) >= 11 is 5.95. The molecular weight excluding hydrogens is 317 g/mol. The topological polar surface area (TPSA) is 51.0 Å². The largest absolute Gasteiger partial charge is 0.419 e. The molecule has 0 aliphatic rings. The van der Waals surface area contributed by atoms with Crippen molar-refractivity contribution >= 4 is 11.6 Å². The van der Waals surface area contributed by atoms with Crippen LogP contribution in [0.25, 0.3) is 11.5 Å². The average Bonchev–Trinajstić information content (AvgIpc) is 3.02. The predicted octanol–water partition coefficient (Wildman–Crippen LogP) is 3.86. The number of hydrogen-bond donors (Lipinski definition) is 1. The third-order valence-electron chi connectivity index (χ3n) is 3.32. The van der Waals surface area contributed by atoms with Crippen LogP contribution in [0.5, 0.6) is 0 Å². The zero-order chi connectivity index (χ0) is 16.1. The number of nitrogens with zero attached hydrogens (tertiary/aromatic N) is 2. The molecule has 6 heteroatoms. The highest BCUT2D eigenvalue weighted by Crippen LogP contribution is 2.21. The first-order chi connectivity index (χ1) is 11.2. The molecule has 1 N–H and O–H groups in total. The lowest BCUT2D eigenvalue weighted by Gasteiger charge is -2.02. The van der Waals surface area contributed by atoms with Gasteiger partial charge in [0, 0.05) is 10.6 Å². The van der Waals surface area contributed by atoms with E-state index in [9.17, 15) is 4.39 Å². The molecule has 0 spiro atoms. The van der Waals surface area contributed by atoms with Crippen LogP contribution in [-0.4, -0.2) is 16.7 Å². The molecule has 3 aromatic rings. The van der Waals surface area contributed by atoms with Crippen LogP contribution < -0.4 is 5.32 Å². The van der Waals surface area contributed by atoms with E-state index in [2.05, 4.69) is 15.5 Å². The summed E-state index contributed by atoms with van der Waals surface area (Å²) in [5.41, 5.74) is 1.87. The van der Waals surface area contributed by atoms with E-state index in [1.165, 1.54) is 12.1 Å². The van der Waals surface area contributed by atoms with E-state index >= 15 is 0 Å². The van der Waals surface area contributed by atoms with Crippen molar-refractivity contribution in [3.63, 3.8) is 0 Å². The van der Waals surface area contributed by atoms with Crippen LogP contribution in [0.3, 0.4) is 0 Å². The van der Waals surface area contributed by atoms with Crippen molar-refractivity contribution in [1.82, 2.24) is 15.5 Å². The van der Waals surface area contributed by atoms with Gasteiger partial charge in [-0.05, 0) is 48.9 Å². The maximum absolute atomic E-state index is 12.8. The summed E-state index contributed by atoms with van der Waals surface area (Å²) in [5.74, 6) is 0.739. The fourth-order valence-corrected chi connectivity index (χ4v) is 2.33. The lowest BCUT2D eigenvalue weighted by Crippen LogP contribution is -2.16. The minimum atomic E-state index is -0.221. The van der Waals surface area contributed by atoms with Gasteiger partial charge in [0.25, 0.3) is 0 Å². The Balaban J connectivity index is 1.50. The molecule has 1 heterocycles. The van der Waals surface area contributed by atoms with Crippen LogP contribution in [0.15, 0.2) is 52.9 Å². The first-order valence-electron chi connectivity index (χ1n) is 7.24. The molecule has 0 aliphatic carbocycles. The van der Waals surface area contributed by atoms with Gasteiger partial charge in [-0.15, -0.1) is 10.2 Å². The molecule has 2 aromatic carbocycles. The van der Waals surface area contributed by atoms with Gasteiger partial charge in [-0.2, -0.15) is 0 Å². The quantitative estimate of drug-likeness (QED) is 0.697. The van der Waals surface area contributed by atoms with E-state index in [-0.39, 0.29) is 5.82 Å². The fraction of sp³-hybridized carbons (Fsp3) is 0.176. The van der Waals surface area contributed by atoms with E-state index in [4.69, 9.17) is 16.0 Å². The van der Waals surface area contributed by atoms with Gasteiger partial charge in [0.1, 0.15) is 5.82 Å². The van der Waals surface area contributed by atoms with E-state index in [0.29, 0.717) is 23.3 Å². The Labute approximate surface area is 138 Å². The predicted molar refractivity (Wildman–Crippen MR) is 86.6 cm³/mol. The highest BCUT2D eigenvalue weighted by molar-refractivity contribution is 6.30. The Kier molecular flexibility index (Phi) is 5.00. The van der Waals surface area contributed by atoms with Gasteiger partial charge in [-0.25, -0.2) is 4.39 Å². The van der Waals surface area contributed by atoms with Gasteiger partial charge < -0.3 is 9.73 Å². The lowest BCUT2D eigenvalue weighted by atomic mass is 10.1. The molecule has 0 atom stereocenters. The first-order valence-corrected chi connectivity index (χ1v) is 7.62. The Morgan fingerprint density at radius 2 is 1.91 bits per heavy atom. The molecule has 0 bridgehead atoms. The normalized spacial score (nSPS) is 10.9. The molecule has 0 saturated heterocycles. The van der Waals surface area contributed by atoms with Crippen molar-refractivity contribution in [2.24, 2.45) is 0 Å². The van der Waals surface area contributed by atoms with Crippen molar-refractivity contribution in [3.8, 4) is 11.5 Å². The summed E-state index contributed by atoms with van der Waals surface area (Å²) in [6.45, 7) is 1.22. The molecule has 0 saturated carbocycles. The second-order valence-corrected chi connectivity index (χ2v) is 5.50. The Morgan fingerprint density at radius 3 is 2.70 bits per heavy atom. The minimum Gasteiger partial charge on any atom is -0.419 e. The monoisotopic (exact) mass is 331 g/mol. The summed E-state index contributed by atoms with van der Waals surface area (Å²) in [6, 6.07) is 13.8. The molecule has 0 aliphatic heterocycles. The van der Waals surface area contributed by atoms with Crippen molar-refractivity contribution in [2.45, 2.75) is 13.0 Å². The molecule has 4 nitrogen and oxygen atoms in total. The van der Waals surface area contributed by atoms with Crippen molar-refractivity contribution in [1.29, 1.82) is 0 Å². The molecule has 118 valence electrons. The maximum Gasteiger partial charge on any atom is 0.247 e. The van der Waals surface area contributed by atoms with Crippen molar-refractivity contribution in [2.75, 3.05) is 6.54 Å². The summed E-state index contributed by atoms with van der Waals surface area (Å²) in [6.07, 6.45) is 0.801. The number of halogens is 2. The Morgan fingerprint density at radius 1 is 1.09 bits per heavy atom. The molecular formula is C17H15ClFN3O. The van der Waals surface area contributed by atoms with Gasteiger partial charge in [0.15, 0.2) is 0 Å². The van der Waals surface area contributed by atoms with E-state index in [0.717, 1.165) is 24.1 Å². The van der Waals surface area contributed by atoms with E-state index in [1.807, 2.05) is 12.1 Å².